The van der Waals surface area contributed by atoms with Crippen LogP contribution in [-0.2, 0) is 28.6 Å². The molecule has 0 N–H and O–H groups in total. The normalized spacial score (nSPS) is 12.6. The van der Waals surface area contributed by atoms with Gasteiger partial charge in [-0.15, -0.1) is 0 Å². The lowest BCUT2D eigenvalue weighted by Crippen LogP contribution is -2.30. The summed E-state index contributed by atoms with van der Waals surface area (Å²) >= 11 is 0. The highest BCUT2D eigenvalue weighted by atomic mass is 16.6. The van der Waals surface area contributed by atoms with Crippen molar-refractivity contribution in [3.8, 4) is 0 Å². The van der Waals surface area contributed by atoms with Crippen molar-refractivity contribution in [3.05, 3.63) is 72.9 Å². The summed E-state index contributed by atoms with van der Waals surface area (Å²) in [5.74, 6) is -0.917. The Kier molecular flexibility index (Phi) is 48.9. The van der Waals surface area contributed by atoms with Gasteiger partial charge < -0.3 is 14.2 Å². The molecule has 0 aromatic carbocycles. The van der Waals surface area contributed by atoms with E-state index in [0.717, 1.165) is 109 Å². The van der Waals surface area contributed by atoms with Crippen molar-refractivity contribution >= 4 is 17.9 Å². The third-order valence-corrected chi connectivity index (χ3v) is 11.2. The fourth-order valence-electron chi connectivity index (χ4n) is 7.19. The van der Waals surface area contributed by atoms with Crippen molar-refractivity contribution in [2.75, 3.05) is 13.2 Å². The molecule has 0 aliphatic rings. The Hall–Kier alpha value is -3.15. The molecule has 0 aliphatic heterocycles. The number of rotatable bonds is 47. The Morgan fingerprint density at radius 2 is 0.619 bits per heavy atom. The zero-order valence-corrected chi connectivity index (χ0v) is 41.3. The lowest BCUT2D eigenvalue weighted by Gasteiger charge is -2.18. The molecule has 0 amide bonds. The molecule has 6 heteroatoms. The van der Waals surface area contributed by atoms with Crippen LogP contribution >= 0.6 is 0 Å². The van der Waals surface area contributed by atoms with Gasteiger partial charge >= 0.3 is 17.9 Å². The first-order valence-corrected chi connectivity index (χ1v) is 26.4. The van der Waals surface area contributed by atoms with E-state index in [1.807, 2.05) is 0 Å². The summed E-state index contributed by atoms with van der Waals surface area (Å²) in [6.45, 7) is 6.47. The first-order chi connectivity index (χ1) is 31.0. The number of unbranched alkanes of at least 4 members (excludes halogenated alkanes) is 24. The van der Waals surface area contributed by atoms with E-state index in [1.54, 1.807) is 0 Å². The van der Waals surface area contributed by atoms with Crippen LogP contribution in [0.5, 0.6) is 0 Å². The van der Waals surface area contributed by atoms with Crippen LogP contribution in [0, 0.1) is 0 Å². The first-order valence-electron chi connectivity index (χ1n) is 26.4. The number of hydrogen-bond donors (Lipinski definition) is 0. The van der Waals surface area contributed by atoms with Gasteiger partial charge in [0, 0.05) is 19.3 Å². The molecule has 0 rings (SSSR count). The topological polar surface area (TPSA) is 78.9 Å². The van der Waals surface area contributed by atoms with E-state index in [4.69, 9.17) is 14.2 Å². The second-order valence-corrected chi connectivity index (χ2v) is 17.4. The molecule has 0 bridgehead atoms. The van der Waals surface area contributed by atoms with Crippen LogP contribution in [0.3, 0.4) is 0 Å². The molecule has 63 heavy (non-hydrogen) atoms. The molecular weight excluding hydrogens is 781 g/mol. The van der Waals surface area contributed by atoms with Crippen LogP contribution in [0.4, 0.5) is 0 Å². The van der Waals surface area contributed by atoms with Crippen molar-refractivity contribution < 1.29 is 28.6 Å². The zero-order chi connectivity index (χ0) is 45.8. The van der Waals surface area contributed by atoms with Crippen molar-refractivity contribution in [2.45, 2.75) is 258 Å². The molecular formula is C57H98O6. The lowest BCUT2D eigenvalue weighted by atomic mass is 10.1. The monoisotopic (exact) mass is 879 g/mol. The highest BCUT2D eigenvalue weighted by Gasteiger charge is 2.19. The van der Waals surface area contributed by atoms with E-state index >= 15 is 0 Å². The van der Waals surface area contributed by atoms with Crippen molar-refractivity contribution in [1.29, 1.82) is 0 Å². The van der Waals surface area contributed by atoms with Gasteiger partial charge in [0.05, 0.1) is 0 Å². The van der Waals surface area contributed by atoms with E-state index < -0.39 is 6.10 Å². The van der Waals surface area contributed by atoms with Gasteiger partial charge in [0.15, 0.2) is 6.10 Å². The van der Waals surface area contributed by atoms with Gasteiger partial charge in [-0.05, 0) is 109 Å². The predicted molar refractivity (Wildman–Crippen MR) is 270 cm³/mol. The second-order valence-electron chi connectivity index (χ2n) is 17.4. The summed E-state index contributed by atoms with van der Waals surface area (Å²) in [6.07, 6.45) is 64.5. The Labute approximate surface area is 389 Å². The van der Waals surface area contributed by atoms with Crippen LogP contribution in [0.15, 0.2) is 72.9 Å². The van der Waals surface area contributed by atoms with Crippen LogP contribution in [0.25, 0.3) is 0 Å². The average Bonchev–Trinajstić information content (AvgIpc) is 3.28. The fraction of sp³-hybridized carbons (Fsp3) is 0.737. The number of esters is 3. The largest absolute Gasteiger partial charge is 0.462 e. The van der Waals surface area contributed by atoms with E-state index in [9.17, 15) is 14.4 Å². The summed E-state index contributed by atoms with van der Waals surface area (Å²) in [4.78, 5) is 38.0. The molecule has 1 unspecified atom stereocenters. The maximum absolute atomic E-state index is 12.8. The Bertz CT molecular complexity index is 1190. The minimum absolute atomic E-state index is 0.0877. The van der Waals surface area contributed by atoms with Crippen molar-refractivity contribution in [2.24, 2.45) is 0 Å². The van der Waals surface area contributed by atoms with E-state index in [0.29, 0.717) is 19.3 Å². The maximum atomic E-state index is 12.8. The SMILES string of the molecule is CC/C=C\C/C=C\C/C=C\C/C=C\CCCCCCCCC(=O)OCC(COC(=O)CCCCCCC/C=C\CCCCC)OC(=O)CCCCCCC/C=C\CCCCCCC. The lowest BCUT2D eigenvalue weighted by molar-refractivity contribution is -0.167. The van der Waals surface area contributed by atoms with E-state index in [2.05, 4.69) is 93.7 Å². The minimum Gasteiger partial charge on any atom is -0.462 e. The molecule has 0 saturated heterocycles. The van der Waals surface area contributed by atoms with Gasteiger partial charge in [-0.1, -0.05) is 196 Å². The number of allylic oxidation sites excluding steroid dienone is 12. The molecule has 0 spiro atoms. The molecule has 0 heterocycles. The van der Waals surface area contributed by atoms with Crippen LogP contribution in [-0.4, -0.2) is 37.2 Å². The van der Waals surface area contributed by atoms with Crippen molar-refractivity contribution in [1.82, 2.24) is 0 Å². The Balaban J connectivity index is 4.40. The Morgan fingerprint density at radius 3 is 1.02 bits per heavy atom. The highest BCUT2D eigenvalue weighted by molar-refractivity contribution is 5.71. The molecule has 0 aliphatic carbocycles. The van der Waals surface area contributed by atoms with Crippen LogP contribution in [0.1, 0.15) is 252 Å². The molecule has 1 atom stereocenters. The fourth-order valence-corrected chi connectivity index (χ4v) is 7.19. The van der Waals surface area contributed by atoms with Gasteiger partial charge in [0.1, 0.15) is 13.2 Å². The summed E-state index contributed by atoms with van der Waals surface area (Å²) in [7, 11) is 0. The van der Waals surface area contributed by atoms with Crippen molar-refractivity contribution in [3.63, 3.8) is 0 Å². The molecule has 362 valence electrons. The molecule has 6 nitrogen and oxygen atoms in total. The quantitative estimate of drug-likeness (QED) is 0.0262. The number of carbonyl (C=O) groups excluding carboxylic acids is 3. The minimum atomic E-state index is -0.788. The number of hydrogen-bond acceptors (Lipinski definition) is 6. The van der Waals surface area contributed by atoms with Gasteiger partial charge in [0.25, 0.3) is 0 Å². The van der Waals surface area contributed by atoms with Gasteiger partial charge in [-0.2, -0.15) is 0 Å². The molecule has 0 fully saturated rings. The molecule has 0 aromatic heterocycles. The molecule has 0 saturated carbocycles. The first kappa shape index (κ1) is 59.9. The number of ether oxygens (including phenoxy) is 3. The molecule has 0 aromatic rings. The third-order valence-electron chi connectivity index (χ3n) is 11.2. The smallest absolute Gasteiger partial charge is 0.306 e. The van der Waals surface area contributed by atoms with Gasteiger partial charge in [-0.3, -0.25) is 14.4 Å². The second kappa shape index (κ2) is 51.5. The van der Waals surface area contributed by atoms with Gasteiger partial charge in [-0.25, -0.2) is 0 Å². The highest BCUT2D eigenvalue weighted by Crippen LogP contribution is 2.14. The molecule has 0 radical (unpaired) electrons. The van der Waals surface area contributed by atoms with Gasteiger partial charge in [0.2, 0.25) is 0 Å². The predicted octanol–water partition coefficient (Wildman–Crippen LogP) is 17.4. The van der Waals surface area contributed by atoms with Crippen LogP contribution in [0.2, 0.25) is 0 Å². The Morgan fingerprint density at radius 1 is 0.333 bits per heavy atom. The maximum Gasteiger partial charge on any atom is 0.306 e. The summed E-state index contributed by atoms with van der Waals surface area (Å²) < 4.78 is 16.8. The third kappa shape index (κ3) is 49.7. The summed E-state index contributed by atoms with van der Waals surface area (Å²) in [5, 5.41) is 0. The zero-order valence-electron chi connectivity index (χ0n) is 41.3. The average molecular weight is 879 g/mol. The summed E-state index contributed by atoms with van der Waals surface area (Å²) in [5.41, 5.74) is 0. The standard InChI is InChI=1S/C57H98O6/c1-4-7-10-13-16-19-22-25-27-28-29-30-31-33-35-38-41-44-47-50-56(59)62-53-54(52-61-55(58)49-46-43-40-37-34-24-21-18-15-12-9-6-3)63-57(60)51-48-45-42-39-36-32-26-23-20-17-14-11-8-5-2/h7,10,16,18-19,21,23,25-27,29-30,54H,4-6,8-9,11-15,17,20,22,24,28,31-53H2,1-3H3/b10-7-,19-16-,21-18-,26-23-,27-25-,30-29-. The number of carbonyl (C=O) groups is 3. The van der Waals surface area contributed by atoms with E-state index in [-0.39, 0.29) is 31.1 Å². The van der Waals surface area contributed by atoms with E-state index in [1.165, 1.54) is 103 Å². The summed E-state index contributed by atoms with van der Waals surface area (Å²) in [6, 6.07) is 0. The van der Waals surface area contributed by atoms with Crippen LogP contribution < -0.4 is 0 Å².